The van der Waals surface area contributed by atoms with E-state index in [-0.39, 0.29) is 29.4 Å². The van der Waals surface area contributed by atoms with Crippen molar-refractivity contribution in [2.75, 3.05) is 6.61 Å². The Morgan fingerprint density at radius 3 is 2.71 bits per heavy atom. The average molecular weight is 290 g/mol. The van der Waals surface area contributed by atoms with Gasteiger partial charge < -0.3 is 15.2 Å². The van der Waals surface area contributed by atoms with E-state index in [1.807, 2.05) is 0 Å². The first-order valence-electron chi connectivity index (χ1n) is 7.26. The normalized spacial score (nSPS) is 25.3. The third-order valence-corrected chi connectivity index (χ3v) is 4.00. The first-order chi connectivity index (χ1) is 10.1. The smallest absolute Gasteiger partial charge is 0.354 e. The topological polar surface area (TPSA) is 88.5 Å². The SMILES string of the molecule is O=C(O)c1cccc(C(=O)NC2CCOC(C3CC3)C2)n1. The Hall–Kier alpha value is -1.95. The average Bonchev–Trinajstić information content (AvgIpc) is 3.32. The van der Waals surface area contributed by atoms with Crippen LogP contribution < -0.4 is 5.32 Å². The summed E-state index contributed by atoms with van der Waals surface area (Å²) >= 11 is 0. The van der Waals surface area contributed by atoms with Gasteiger partial charge in [0.25, 0.3) is 5.91 Å². The standard InChI is InChI=1S/C15H18N2O4/c18-14(11-2-1-3-12(17-11)15(19)20)16-10-6-7-21-13(8-10)9-4-5-9/h1-3,9-10,13H,4-8H2,(H,16,18)(H,19,20). The summed E-state index contributed by atoms with van der Waals surface area (Å²) in [5.41, 5.74) is 0.0230. The van der Waals surface area contributed by atoms with Crippen molar-refractivity contribution in [3.8, 4) is 0 Å². The number of aromatic nitrogens is 1. The molecule has 1 amide bonds. The number of aromatic carboxylic acids is 1. The van der Waals surface area contributed by atoms with Crippen LogP contribution in [0, 0.1) is 5.92 Å². The number of nitrogens with zero attached hydrogens (tertiary/aromatic N) is 1. The van der Waals surface area contributed by atoms with Gasteiger partial charge in [-0.1, -0.05) is 6.07 Å². The van der Waals surface area contributed by atoms with Crippen LogP contribution >= 0.6 is 0 Å². The van der Waals surface area contributed by atoms with E-state index in [2.05, 4.69) is 10.3 Å². The molecule has 21 heavy (non-hydrogen) atoms. The van der Waals surface area contributed by atoms with Gasteiger partial charge in [-0.25, -0.2) is 9.78 Å². The van der Waals surface area contributed by atoms with Crippen LogP contribution in [-0.4, -0.2) is 40.7 Å². The second-order valence-electron chi connectivity index (χ2n) is 5.65. The molecular formula is C15H18N2O4. The van der Waals surface area contributed by atoms with E-state index < -0.39 is 5.97 Å². The molecule has 1 saturated carbocycles. The van der Waals surface area contributed by atoms with Crippen LogP contribution in [0.1, 0.15) is 46.7 Å². The number of hydrogen-bond donors (Lipinski definition) is 2. The van der Waals surface area contributed by atoms with Crippen LogP contribution in [0.4, 0.5) is 0 Å². The predicted molar refractivity (Wildman–Crippen MR) is 74.1 cm³/mol. The lowest BCUT2D eigenvalue weighted by atomic mass is 10.00. The highest BCUT2D eigenvalue weighted by Crippen LogP contribution is 2.38. The molecule has 2 fully saturated rings. The van der Waals surface area contributed by atoms with Crippen LogP contribution in [0.15, 0.2) is 18.2 Å². The van der Waals surface area contributed by atoms with E-state index in [0.29, 0.717) is 12.5 Å². The highest BCUT2D eigenvalue weighted by atomic mass is 16.5. The van der Waals surface area contributed by atoms with Crippen molar-refractivity contribution in [2.24, 2.45) is 5.92 Å². The largest absolute Gasteiger partial charge is 0.477 e. The number of nitrogens with one attached hydrogen (secondary N) is 1. The minimum Gasteiger partial charge on any atom is -0.477 e. The van der Waals surface area contributed by atoms with Crippen LogP contribution in [0.5, 0.6) is 0 Å². The first-order valence-corrected chi connectivity index (χ1v) is 7.26. The number of carbonyl (C=O) groups is 2. The molecule has 2 N–H and O–H groups in total. The number of rotatable bonds is 4. The van der Waals surface area contributed by atoms with Gasteiger partial charge in [-0.05, 0) is 43.7 Å². The molecule has 6 nitrogen and oxygen atoms in total. The molecule has 0 bridgehead atoms. The van der Waals surface area contributed by atoms with E-state index in [1.54, 1.807) is 0 Å². The van der Waals surface area contributed by atoms with Crippen LogP contribution in [0.25, 0.3) is 0 Å². The molecule has 6 heteroatoms. The lowest BCUT2D eigenvalue weighted by molar-refractivity contribution is -0.0102. The number of hydrogen-bond acceptors (Lipinski definition) is 4. The Morgan fingerprint density at radius 2 is 2.00 bits per heavy atom. The molecule has 1 aromatic heterocycles. The van der Waals surface area contributed by atoms with Crippen molar-refractivity contribution in [1.82, 2.24) is 10.3 Å². The number of pyridine rings is 1. The van der Waals surface area contributed by atoms with Crippen LogP contribution in [-0.2, 0) is 4.74 Å². The van der Waals surface area contributed by atoms with Gasteiger partial charge in [-0.3, -0.25) is 4.79 Å². The number of ether oxygens (including phenoxy) is 1. The Labute approximate surface area is 122 Å². The maximum atomic E-state index is 12.2. The third kappa shape index (κ3) is 3.39. The summed E-state index contributed by atoms with van der Waals surface area (Å²) in [6, 6.07) is 4.51. The Morgan fingerprint density at radius 1 is 1.24 bits per heavy atom. The van der Waals surface area contributed by atoms with Crippen molar-refractivity contribution in [3.63, 3.8) is 0 Å². The van der Waals surface area contributed by atoms with Gasteiger partial charge >= 0.3 is 5.97 Å². The molecule has 0 aromatic carbocycles. The van der Waals surface area contributed by atoms with Gasteiger partial charge in [0.05, 0.1) is 6.10 Å². The van der Waals surface area contributed by atoms with E-state index in [4.69, 9.17) is 9.84 Å². The number of amides is 1. The minimum absolute atomic E-state index is 0.0761. The first kappa shape index (κ1) is 14.0. The molecular weight excluding hydrogens is 272 g/mol. The molecule has 2 atom stereocenters. The number of carboxylic acid groups (broad SMARTS) is 1. The van der Waals surface area contributed by atoms with Gasteiger partial charge in [-0.15, -0.1) is 0 Å². The number of carbonyl (C=O) groups excluding carboxylic acids is 1. The van der Waals surface area contributed by atoms with Crippen molar-refractivity contribution < 1.29 is 19.4 Å². The molecule has 0 spiro atoms. The van der Waals surface area contributed by atoms with Crippen LogP contribution in [0.3, 0.4) is 0 Å². The Bertz CT molecular complexity index is 556. The van der Waals surface area contributed by atoms with Crippen molar-refractivity contribution in [3.05, 3.63) is 29.6 Å². The fourth-order valence-corrected chi connectivity index (χ4v) is 2.70. The highest BCUT2D eigenvalue weighted by molar-refractivity contribution is 5.94. The van der Waals surface area contributed by atoms with Gasteiger partial charge in [0.2, 0.25) is 0 Å². The summed E-state index contributed by atoms with van der Waals surface area (Å²) in [5, 5.41) is 11.8. The third-order valence-electron chi connectivity index (χ3n) is 4.00. The summed E-state index contributed by atoms with van der Waals surface area (Å²) in [4.78, 5) is 26.9. The quantitative estimate of drug-likeness (QED) is 0.876. The summed E-state index contributed by atoms with van der Waals surface area (Å²) in [5.74, 6) is -0.803. The fourth-order valence-electron chi connectivity index (χ4n) is 2.70. The molecule has 112 valence electrons. The monoisotopic (exact) mass is 290 g/mol. The zero-order chi connectivity index (χ0) is 14.8. The zero-order valence-corrected chi connectivity index (χ0v) is 11.6. The van der Waals surface area contributed by atoms with Gasteiger partial charge in [0.15, 0.2) is 0 Å². The second-order valence-corrected chi connectivity index (χ2v) is 5.65. The fraction of sp³-hybridized carbons (Fsp3) is 0.533. The second kappa shape index (κ2) is 5.81. The molecule has 2 unspecified atom stereocenters. The lowest BCUT2D eigenvalue weighted by Crippen LogP contribution is -2.42. The van der Waals surface area contributed by atoms with E-state index in [0.717, 1.165) is 12.8 Å². The Balaban J connectivity index is 1.62. The van der Waals surface area contributed by atoms with Crippen molar-refractivity contribution in [2.45, 2.75) is 37.8 Å². The molecule has 1 aliphatic heterocycles. The van der Waals surface area contributed by atoms with Crippen molar-refractivity contribution in [1.29, 1.82) is 0 Å². The molecule has 2 aliphatic rings. The van der Waals surface area contributed by atoms with Gasteiger partial charge in [-0.2, -0.15) is 0 Å². The van der Waals surface area contributed by atoms with E-state index in [9.17, 15) is 9.59 Å². The molecule has 3 rings (SSSR count). The Kier molecular flexibility index (Phi) is 3.88. The van der Waals surface area contributed by atoms with E-state index >= 15 is 0 Å². The van der Waals surface area contributed by atoms with E-state index in [1.165, 1.54) is 31.0 Å². The lowest BCUT2D eigenvalue weighted by Gasteiger charge is -2.30. The maximum absolute atomic E-state index is 12.2. The maximum Gasteiger partial charge on any atom is 0.354 e. The summed E-state index contributed by atoms with van der Waals surface area (Å²) in [6.07, 6.45) is 4.30. The zero-order valence-electron chi connectivity index (χ0n) is 11.6. The molecule has 2 heterocycles. The number of carboxylic acids is 1. The highest BCUT2D eigenvalue weighted by Gasteiger charge is 2.36. The minimum atomic E-state index is -1.13. The van der Waals surface area contributed by atoms with Gasteiger partial charge in [0.1, 0.15) is 11.4 Å². The molecule has 1 aliphatic carbocycles. The molecule has 0 radical (unpaired) electrons. The van der Waals surface area contributed by atoms with Crippen molar-refractivity contribution >= 4 is 11.9 Å². The van der Waals surface area contributed by atoms with Gasteiger partial charge in [0, 0.05) is 12.6 Å². The van der Waals surface area contributed by atoms with Crippen LogP contribution in [0.2, 0.25) is 0 Å². The summed E-state index contributed by atoms with van der Waals surface area (Å²) < 4.78 is 5.73. The summed E-state index contributed by atoms with van der Waals surface area (Å²) in [7, 11) is 0. The molecule has 1 aromatic rings. The summed E-state index contributed by atoms with van der Waals surface area (Å²) in [6.45, 7) is 0.661. The molecule has 1 saturated heterocycles. The predicted octanol–water partition coefficient (Wildman–Crippen LogP) is 1.47.